The Balaban J connectivity index is 2.06. The number of pyridine rings is 1. The maximum Gasteiger partial charge on any atom is 0.307 e. The highest BCUT2D eigenvalue weighted by molar-refractivity contribution is 9.10. The van der Waals surface area contributed by atoms with Crippen molar-refractivity contribution in [2.24, 2.45) is 0 Å². The average molecular weight is 349 g/mol. The number of aliphatic carboxylic acids is 1. The van der Waals surface area contributed by atoms with Crippen LogP contribution in [0.15, 0.2) is 47.2 Å². The average Bonchev–Trinajstić information content (AvgIpc) is 2.45. The predicted molar refractivity (Wildman–Crippen MR) is 80.9 cm³/mol. The quantitative estimate of drug-likeness (QED) is 0.813. The number of hydrogen-bond donors (Lipinski definition) is 2. The standard InChI is InChI=1S/C15H13BrN2O3/c16-13-7-11(5-6-17-13)15(21)18-9-12-4-2-1-3-10(12)8-14(19)20/h1-7H,8-9H2,(H,18,21)(H,19,20). The van der Waals surface area contributed by atoms with Crippen LogP contribution in [-0.2, 0) is 17.8 Å². The molecular weight excluding hydrogens is 336 g/mol. The van der Waals surface area contributed by atoms with Crippen LogP contribution in [0.1, 0.15) is 21.5 Å². The van der Waals surface area contributed by atoms with Crippen LogP contribution < -0.4 is 5.32 Å². The summed E-state index contributed by atoms with van der Waals surface area (Å²) in [7, 11) is 0. The van der Waals surface area contributed by atoms with Crippen LogP contribution in [0, 0.1) is 0 Å². The molecule has 2 aromatic rings. The fourth-order valence-electron chi connectivity index (χ4n) is 1.89. The van der Waals surface area contributed by atoms with Gasteiger partial charge >= 0.3 is 5.97 Å². The normalized spacial score (nSPS) is 10.1. The van der Waals surface area contributed by atoms with Crippen molar-refractivity contribution in [3.63, 3.8) is 0 Å². The molecule has 0 saturated heterocycles. The Morgan fingerprint density at radius 2 is 1.90 bits per heavy atom. The zero-order valence-electron chi connectivity index (χ0n) is 11.0. The summed E-state index contributed by atoms with van der Waals surface area (Å²) >= 11 is 3.21. The molecule has 0 saturated carbocycles. The number of carbonyl (C=O) groups excluding carboxylic acids is 1. The number of carboxylic acid groups (broad SMARTS) is 1. The van der Waals surface area contributed by atoms with E-state index in [2.05, 4.69) is 26.2 Å². The van der Waals surface area contributed by atoms with Crippen molar-refractivity contribution in [2.75, 3.05) is 0 Å². The predicted octanol–water partition coefficient (Wildman–Crippen LogP) is 2.40. The molecule has 0 aliphatic carbocycles. The molecule has 0 bridgehead atoms. The number of carbonyl (C=O) groups is 2. The van der Waals surface area contributed by atoms with Crippen LogP contribution in [0.2, 0.25) is 0 Å². The van der Waals surface area contributed by atoms with Gasteiger partial charge in [0.25, 0.3) is 5.91 Å². The summed E-state index contributed by atoms with van der Waals surface area (Å²) in [5.41, 5.74) is 1.98. The lowest BCUT2D eigenvalue weighted by atomic mass is 10.0. The third kappa shape index (κ3) is 4.39. The van der Waals surface area contributed by atoms with Gasteiger partial charge in [0, 0.05) is 18.3 Å². The molecule has 1 heterocycles. The number of nitrogens with one attached hydrogen (secondary N) is 1. The fraction of sp³-hybridized carbons (Fsp3) is 0.133. The summed E-state index contributed by atoms with van der Waals surface area (Å²) in [6.45, 7) is 0.280. The van der Waals surface area contributed by atoms with Gasteiger partial charge in [0.2, 0.25) is 0 Å². The van der Waals surface area contributed by atoms with Crippen molar-refractivity contribution in [1.29, 1.82) is 0 Å². The van der Waals surface area contributed by atoms with Gasteiger partial charge in [-0.3, -0.25) is 9.59 Å². The van der Waals surface area contributed by atoms with Crippen LogP contribution in [-0.4, -0.2) is 22.0 Å². The van der Waals surface area contributed by atoms with Crippen LogP contribution in [0.3, 0.4) is 0 Å². The van der Waals surface area contributed by atoms with E-state index in [0.717, 1.165) is 5.56 Å². The van der Waals surface area contributed by atoms with E-state index in [9.17, 15) is 9.59 Å². The number of rotatable bonds is 5. The molecule has 1 aromatic carbocycles. The Morgan fingerprint density at radius 1 is 1.19 bits per heavy atom. The molecule has 0 radical (unpaired) electrons. The van der Waals surface area contributed by atoms with Crippen molar-refractivity contribution >= 4 is 27.8 Å². The summed E-state index contributed by atoms with van der Waals surface area (Å²) in [5, 5.41) is 11.7. The monoisotopic (exact) mass is 348 g/mol. The third-order valence-corrected chi connectivity index (χ3v) is 3.32. The molecule has 1 aromatic heterocycles. The van der Waals surface area contributed by atoms with Gasteiger partial charge in [0.15, 0.2) is 0 Å². The zero-order chi connectivity index (χ0) is 15.2. The molecule has 21 heavy (non-hydrogen) atoms. The molecule has 0 fully saturated rings. The van der Waals surface area contributed by atoms with Gasteiger partial charge in [-0.1, -0.05) is 24.3 Å². The minimum Gasteiger partial charge on any atom is -0.481 e. The summed E-state index contributed by atoms with van der Waals surface area (Å²) < 4.78 is 0.585. The van der Waals surface area contributed by atoms with Gasteiger partial charge in [0.1, 0.15) is 4.60 Å². The lowest BCUT2D eigenvalue weighted by molar-refractivity contribution is -0.136. The van der Waals surface area contributed by atoms with Gasteiger partial charge in [-0.2, -0.15) is 0 Å². The molecule has 6 heteroatoms. The first kappa shape index (κ1) is 15.2. The van der Waals surface area contributed by atoms with E-state index in [1.54, 1.807) is 30.3 Å². The van der Waals surface area contributed by atoms with E-state index in [0.29, 0.717) is 15.7 Å². The Labute approximate surface area is 130 Å². The number of carboxylic acids is 1. The van der Waals surface area contributed by atoms with Gasteiger partial charge in [-0.05, 0) is 39.2 Å². The number of nitrogens with zero attached hydrogens (tertiary/aromatic N) is 1. The van der Waals surface area contributed by atoms with Crippen LogP contribution in [0.5, 0.6) is 0 Å². The molecule has 0 spiro atoms. The Kier molecular flexibility index (Phi) is 5.05. The number of aromatic nitrogens is 1. The second-order valence-electron chi connectivity index (χ2n) is 4.39. The molecule has 108 valence electrons. The maximum atomic E-state index is 12.0. The summed E-state index contributed by atoms with van der Waals surface area (Å²) in [6.07, 6.45) is 1.48. The minimum atomic E-state index is -0.896. The molecule has 2 rings (SSSR count). The minimum absolute atomic E-state index is 0.0626. The Bertz CT molecular complexity index is 673. The highest BCUT2D eigenvalue weighted by Crippen LogP contribution is 2.11. The van der Waals surface area contributed by atoms with E-state index in [1.807, 2.05) is 6.07 Å². The van der Waals surface area contributed by atoms with Gasteiger partial charge in [-0.15, -0.1) is 0 Å². The summed E-state index contributed by atoms with van der Waals surface area (Å²) in [5.74, 6) is -1.13. The highest BCUT2D eigenvalue weighted by Gasteiger charge is 2.09. The number of amides is 1. The molecule has 0 aliphatic heterocycles. The highest BCUT2D eigenvalue weighted by atomic mass is 79.9. The largest absolute Gasteiger partial charge is 0.481 e. The lowest BCUT2D eigenvalue weighted by Crippen LogP contribution is -2.23. The van der Waals surface area contributed by atoms with E-state index >= 15 is 0 Å². The zero-order valence-corrected chi connectivity index (χ0v) is 12.6. The molecule has 2 N–H and O–H groups in total. The van der Waals surface area contributed by atoms with E-state index < -0.39 is 5.97 Å². The maximum absolute atomic E-state index is 12.0. The first-order valence-electron chi connectivity index (χ1n) is 6.24. The van der Waals surface area contributed by atoms with Crippen LogP contribution in [0.25, 0.3) is 0 Å². The van der Waals surface area contributed by atoms with Crippen molar-refractivity contribution < 1.29 is 14.7 Å². The van der Waals surface area contributed by atoms with E-state index in [-0.39, 0.29) is 18.9 Å². The molecule has 5 nitrogen and oxygen atoms in total. The first-order chi connectivity index (χ1) is 10.1. The van der Waals surface area contributed by atoms with Crippen molar-refractivity contribution in [3.05, 3.63) is 63.9 Å². The number of hydrogen-bond acceptors (Lipinski definition) is 3. The molecule has 1 amide bonds. The second-order valence-corrected chi connectivity index (χ2v) is 5.20. The third-order valence-electron chi connectivity index (χ3n) is 2.89. The summed E-state index contributed by atoms with van der Waals surface area (Å²) in [4.78, 5) is 26.8. The second kappa shape index (κ2) is 6.99. The molecule has 0 aliphatic rings. The van der Waals surface area contributed by atoms with Gasteiger partial charge in [-0.25, -0.2) is 4.98 Å². The Hall–Kier alpha value is -2.21. The molecular formula is C15H13BrN2O3. The first-order valence-corrected chi connectivity index (χ1v) is 7.04. The summed E-state index contributed by atoms with van der Waals surface area (Å²) in [6, 6.07) is 10.4. The van der Waals surface area contributed by atoms with E-state index in [1.165, 1.54) is 6.20 Å². The molecule has 0 atom stereocenters. The fourth-order valence-corrected chi connectivity index (χ4v) is 2.25. The topological polar surface area (TPSA) is 79.3 Å². The van der Waals surface area contributed by atoms with Crippen LogP contribution >= 0.6 is 15.9 Å². The van der Waals surface area contributed by atoms with Crippen molar-refractivity contribution in [1.82, 2.24) is 10.3 Å². The smallest absolute Gasteiger partial charge is 0.307 e. The van der Waals surface area contributed by atoms with Gasteiger partial charge < -0.3 is 10.4 Å². The van der Waals surface area contributed by atoms with Gasteiger partial charge in [0.05, 0.1) is 6.42 Å². The van der Waals surface area contributed by atoms with Crippen molar-refractivity contribution in [2.45, 2.75) is 13.0 Å². The Morgan fingerprint density at radius 3 is 2.57 bits per heavy atom. The van der Waals surface area contributed by atoms with E-state index in [4.69, 9.17) is 5.11 Å². The molecule has 0 unspecified atom stereocenters. The van der Waals surface area contributed by atoms with Crippen LogP contribution in [0.4, 0.5) is 0 Å². The SMILES string of the molecule is O=C(O)Cc1ccccc1CNC(=O)c1ccnc(Br)c1. The van der Waals surface area contributed by atoms with Crippen molar-refractivity contribution in [3.8, 4) is 0 Å². The lowest BCUT2D eigenvalue weighted by Gasteiger charge is -2.09. The number of benzene rings is 1. The number of halogens is 1.